The number of nitro benzene ring substituents is 1. The molecule has 28 heavy (non-hydrogen) atoms. The molecule has 1 heterocycles. The van der Waals surface area contributed by atoms with Gasteiger partial charge in [-0.25, -0.2) is 18.1 Å². The average molecular weight is 440 g/mol. The number of thiazole rings is 1. The van der Waals surface area contributed by atoms with Crippen LogP contribution in [0.25, 0.3) is 10.2 Å². The van der Waals surface area contributed by atoms with Crippen LogP contribution in [-0.2, 0) is 10.0 Å². The van der Waals surface area contributed by atoms with Crippen LogP contribution in [-0.4, -0.2) is 37.2 Å². The minimum absolute atomic E-state index is 0.129. The van der Waals surface area contributed by atoms with Crippen LogP contribution in [0, 0.1) is 10.1 Å². The number of hydrogen-bond acceptors (Lipinski definition) is 8. The fourth-order valence-corrected chi connectivity index (χ4v) is 5.59. The number of fused-ring (bicyclic) bond motifs is 1. The minimum Gasteiger partial charge on any atom is -0.494 e. The smallest absolute Gasteiger partial charge is 0.270 e. The molecule has 0 aliphatic carbocycles. The largest absolute Gasteiger partial charge is 0.494 e. The summed E-state index contributed by atoms with van der Waals surface area (Å²) in [5.74, 6) is 1.27. The molecule has 148 valence electrons. The van der Waals surface area contributed by atoms with E-state index in [0.29, 0.717) is 12.4 Å². The van der Waals surface area contributed by atoms with Crippen LogP contribution in [0.2, 0.25) is 0 Å². The van der Waals surface area contributed by atoms with E-state index in [-0.39, 0.29) is 17.1 Å². The van der Waals surface area contributed by atoms with E-state index in [1.54, 1.807) is 0 Å². The van der Waals surface area contributed by atoms with Crippen LogP contribution in [0.4, 0.5) is 5.69 Å². The summed E-state index contributed by atoms with van der Waals surface area (Å²) in [6, 6.07) is 10.7. The number of nitro groups is 1. The van der Waals surface area contributed by atoms with Gasteiger partial charge in [0.05, 0.1) is 26.6 Å². The molecule has 0 radical (unpaired) electrons. The molecule has 0 amide bonds. The van der Waals surface area contributed by atoms with Crippen LogP contribution in [0.5, 0.6) is 5.75 Å². The van der Waals surface area contributed by atoms with E-state index in [0.717, 1.165) is 26.4 Å². The number of rotatable bonds is 9. The molecular formula is C17H17N3O5S3. The number of non-ortho nitro benzene ring substituents is 1. The quantitative estimate of drug-likeness (QED) is 0.234. The highest BCUT2D eigenvalue weighted by Crippen LogP contribution is 2.31. The summed E-state index contributed by atoms with van der Waals surface area (Å²) in [6.07, 6.45) is 0. The third-order valence-corrected chi connectivity index (χ3v) is 7.23. The monoisotopic (exact) mass is 439 g/mol. The molecular weight excluding hydrogens is 422 g/mol. The molecule has 0 atom stereocenters. The summed E-state index contributed by atoms with van der Waals surface area (Å²) < 4.78 is 34.3. The molecule has 8 nitrogen and oxygen atoms in total. The predicted octanol–water partition coefficient (Wildman–Crippen LogP) is 3.67. The lowest BCUT2D eigenvalue weighted by Crippen LogP contribution is -2.26. The highest BCUT2D eigenvalue weighted by atomic mass is 32.2. The molecule has 11 heteroatoms. The molecule has 0 fully saturated rings. The van der Waals surface area contributed by atoms with Crippen molar-refractivity contribution in [3.8, 4) is 5.75 Å². The van der Waals surface area contributed by atoms with Crippen molar-refractivity contribution in [3.05, 3.63) is 52.6 Å². The molecule has 0 aliphatic rings. The molecule has 0 spiro atoms. The number of hydrogen-bond donors (Lipinski definition) is 1. The molecule has 3 rings (SSSR count). The minimum atomic E-state index is -3.81. The zero-order valence-electron chi connectivity index (χ0n) is 14.8. The number of ether oxygens (including phenoxy) is 1. The van der Waals surface area contributed by atoms with Crippen LogP contribution < -0.4 is 9.46 Å². The van der Waals surface area contributed by atoms with Gasteiger partial charge in [-0.05, 0) is 31.2 Å². The summed E-state index contributed by atoms with van der Waals surface area (Å²) in [6.45, 7) is 2.69. The maximum Gasteiger partial charge on any atom is 0.270 e. The van der Waals surface area contributed by atoms with Crippen LogP contribution in [0.1, 0.15) is 6.92 Å². The van der Waals surface area contributed by atoms with Crippen molar-refractivity contribution < 1.29 is 18.1 Å². The van der Waals surface area contributed by atoms with Crippen LogP contribution in [0.15, 0.2) is 51.7 Å². The van der Waals surface area contributed by atoms with Crippen molar-refractivity contribution in [1.82, 2.24) is 9.71 Å². The molecule has 2 aromatic carbocycles. The highest BCUT2D eigenvalue weighted by molar-refractivity contribution is 8.01. The zero-order chi connectivity index (χ0) is 20.1. The second kappa shape index (κ2) is 8.86. The third-order valence-electron chi connectivity index (χ3n) is 3.61. The SMILES string of the molecule is CCOc1ccc2nc(SCCNS(=O)(=O)c3cccc([N+](=O)[O-])c3)sc2c1. The van der Waals surface area contributed by atoms with E-state index in [4.69, 9.17) is 4.74 Å². The van der Waals surface area contributed by atoms with E-state index in [1.165, 1.54) is 41.3 Å². The van der Waals surface area contributed by atoms with Gasteiger partial charge in [-0.2, -0.15) is 0 Å². The van der Waals surface area contributed by atoms with Crippen molar-refractivity contribution in [3.63, 3.8) is 0 Å². The Morgan fingerprint density at radius 3 is 2.86 bits per heavy atom. The Hall–Kier alpha value is -2.21. The van der Waals surface area contributed by atoms with Gasteiger partial charge in [0.2, 0.25) is 10.0 Å². The van der Waals surface area contributed by atoms with Crippen molar-refractivity contribution >= 4 is 49.0 Å². The number of sulfonamides is 1. The molecule has 0 aliphatic heterocycles. The molecule has 1 N–H and O–H groups in total. The third kappa shape index (κ3) is 4.98. The Bertz CT molecular complexity index is 1100. The van der Waals surface area contributed by atoms with Crippen LogP contribution >= 0.6 is 23.1 Å². The Labute approximate surface area is 170 Å². The Morgan fingerprint density at radius 2 is 2.11 bits per heavy atom. The fraction of sp³-hybridized carbons (Fsp3) is 0.235. The number of benzene rings is 2. The van der Waals surface area contributed by atoms with Gasteiger partial charge in [0.25, 0.3) is 5.69 Å². The van der Waals surface area contributed by atoms with Gasteiger partial charge < -0.3 is 4.74 Å². The molecule has 0 unspecified atom stereocenters. The maximum absolute atomic E-state index is 12.3. The van der Waals surface area contributed by atoms with E-state index in [2.05, 4.69) is 9.71 Å². The van der Waals surface area contributed by atoms with E-state index in [1.807, 2.05) is 25.1 Å². The van der Waals surface area contributed by atoms with Crippen LogP contribution in [0.3, 0.4) is 0 Å². The Kier molecular flexibility index (Phi) is 6.50. The highest BCUT2D eigenvalue weighted by Gasteiger charge is 2.17. The van der Waals surface area contributed by atoms with Gasteiger partial charge in [0, 0.05) is 24.4 Å². The predicted molar refractivity (Wildman–Crippen MR) is 110 cm³/mol. The summed E-state index contributed by atoms with van der Waals surface area (Å²) in [4.78, 5) is 14.6. The summed E-state index contributed by atoms with van der Waals surface area (Å²) in [5, 5.41) is 10.8. The first-order valence-corrected chi connectivity index (χ1v) is 11.6. The standard InChI is InChI=1S/C17H17N3O5S3/c1-2-25-13-6-7-15-16(11-13)27-17(19-15)26-9-8-18-28(23,24)14-5-3-4-12(10-14)20(21)22/h3-7,10-11,18H,2,8-9H2,1H3. The van der Waals surface area contributed by atoms with Crippen molar-refractivity contribution in [1.29, 1.82) is 0 Å². The lowest BCUT2D eigenvalue weighted by Gasteiger charge is -2.05. The molecule has 1 aromatic heterocycles. The van der Waals surface area contributed by atoms with E-state index in [9.17, 15) is 18.5 Å². The summed E-state index contributed by atoms with van der Waals surface area (Å²) in [7, 11) is -3.81. The van der Waals surface area contributed by atoms with Crippen molar-refractivity contribution in [2.45, 2.75) is 16.2 Å². The Morgan fingerprint density at radius 1 is 1.29 bits per heavy atom. The van der Waals surface area contributed by atoms with E-state index >= 15 is 0 Å². The first kappa shape index (κ1) is 20.5. The summed E-state index contributed by atoms with van der Waals surface area (Å²) >= 11 is 2.96. The van der Waals surface area contributed by atoms with Gasteiger partial charge in [0.15, 0.2) is 4.34 Å². The molecule has 0 saturated carbocycles. The lowest BCUT2D eigenvalue weighted by atomic mass is 10.3. The average Bonchev–Trinajstić information content (AvgIpc) is 3.08. The Balaban J connectivity index is 1.58. The molecule has 0 saturated heterocycles. The topological polar surface area (TPSA) is 111 Å². The van der Waals surface area contributed by atoms with Crippen molar-refractivity contribution in [2.24, 2.45) is 0 Å². The van der Waals surface area contributed by atoms with Gasteiger partial charge in [0.1, 0.15) is 5.75 Å². The number of nitrogens with zero attached hydrogens (tertiary/aromatic N) is 2. The molecule has 3 aromatic rings. The number of thioether (sulfide) groups is 1. The first-order chi connectivity index (χ1) is 13.4. The number of aromatic nitrogens is 1. The van der Waals surface area contributed by atoms with Gasteiger partial charge in [-0.3, -0.25) is 10.1 Å². The zero-order valence-corrected chi connectivity index (χ0v) is 17.3. The lowest BCUT2D eigenvalue weighted by molar-refractivity contribution is -0.385. The van der Waals surface area contributed by atoms with Gasteiger partial charge >= 0.3 is 0 Å². The van der Waals surface area contributed by atoms with Crippen molar-refractivity contribution in [2.75, 3.05) is 18.9 Å². The molecule has 0 bridgehead atoms. The fourth-order valence-electron chi connectivity index (χ4n) is 2.36. The normalized spacial score (nSPS) is 11.6. The second-order valence-corrected chi connectivity index (χ2v) is 9.68. The second-order valence-electron chi connectivity index (χ2n) is 5.54. The first-order valence-electron chi connectivity index (χ1n) is 8.29. The van der Waals surface area contributed by atoms with Gasteiger partial charge in [-0.15, -0.1) is 11.3 Å². The maximum atomic E-state index is 12.3. The number of nitrogens with one attached hydrogen (secondary N) is 1. The van der Waals surface area contributed by atoms with E-state index < -0.39 is 14.9 Å². The summed E-state index contributed by atoms with van der Waals surface area (Å²) in [5.41, 5.74) is 0.603. The van der Waals surface area contributed by atoms with Gasteiger partial charge in [-0.1, -0.05) is 17.8 Å².